The molecule has 0 saturated carbocycles. The van der Waals surface area contributed by atoms with Crippen molar-refractivity contribution in [3.05, 3.63) is 48.2 Å². The highest BCUT2D eigenvalue weighted by molar-refractivity contribution is 5.95. The number of anilines is 1. The number of hydrogen-bond donors (Lipinski definition) is 1. The summed E-state index contributed by atoms with van der Waals surface area (Å²) in [6.45, 7) is 2.09. The maximum atomic E-state index is 12.4. The molecule has 0 aliphatic heterocycles. The molecule has 2 rings (SSSR count). The molecule has 0 aliphatic carbocycles. The largest absolute Gasteiger partial charge is 0.309 e. The third-order valence-corrected chi connectivity index (χ3v) is 3.06. The van der Waals surface area contributed by atoms with E-state index in [0.29, 0.717) is 5.82 Å². The van der Waals surface area contributed by atoms with E-state index in [0.717, 1.165) is 18.4 Å². The molecule has 0 radical (unpaired) electrons. The van der Waals surface area contributed by atoms with E-state index in [4.69, 9.17) is 0 Å². The van der Waals surface area contributed by atoms with Crippen molar-refractivity contribution in [1.82, 2.24) is 9.78 Å². The monoisotopic (exact) mass is 257 g/mol. The van der Waals surface area contributed by atoms with Gasteiger partial charge in [0, 0.05) is 19.3 Å². The molecular weight excluding hydrogens is 238 g/mol. The molecule has 100 valence electrons. The van der Waals surface area contributed by atoms with Crippen LogP contribution in [0.3, 0.4) is 0 Å². The summed E-state index contributed by atoms with van der Waals surface area (Å²) in [5.74, 6) is 0.490. The van der Waals surface area contributed by atoms with Crippen molar-refractivity contribution in [2.24, 2.45) is 7.05 Å². The zero-order chi connectivity index (χ0) is 13.7. The van der Waals surface area contributed by atoms with E-state index in [1.807, 2.05) is 43.6 Å². The van der Waals surface area contributed by atoms with Crippen molar-refractivity contribution in [2.75, 3.05) is 5.32 Å². The molecule has 1 atom stereocenters. The SMILES string of the molecule is CCC[C@@H](C(=O)Nc1ccn(C)n1)c1ccccc1. The van der Waals surface area contributed by atoms with Gasteiger partial charge in [-0.15, -0.1) is 0 Å². The Morgan fingerprint density at radius 2 is 2.05 bits per heavy atom. The Morgan fingerprint density at radius 1 is 1.32 bits per heavy atom. The van der Waals surface area contributed by atoms with Gasteiger partial charge < -0.3 is 5.32 Å². The van der Waals surface area contributed by atoms with Crippen molar-refractivity contribution < 1.29 is 4.79 Å². The van der Waals surface area contributed by atoms with Crippen LogP contribution in [-0.4, -0.2) is 15.7 Å². The topological polar surface area (TPSA) is 46.9 Å². The summed E-state index contributed by atoms with van der Waals surface area (Å²) < 4.78 is 1.67. The minimum Gasteiger partial charge on any atom is -0.309 e. The molecule has 4 nitrogen and oxygen atoms in total. The van der Waals surface area contributed by atoms with Crippen LogP contribution in [0, 0.1) is 0 Å². The molecule has 0 spiro atoms. The van der Waals surface area contributed by atoms with Gasteiger partial charge in [0.1, 0.15) is 0 Å². The highest BCUT2D eigenvalue weighted by atomic mass is 16.2. The predicted octanol–water partition coefficient (Wildman–Crippen LogP) is 2.94. The molecule has 0 saturated heterocycles. The van der Waals surface area contributed by atoms with Gasteiger partial charge in [-0.3, -0.25) is 9.48 Å². The zero-order valence-corrected chi connectivity index (χ0v) is 11.3. The predicted molar refractivity (Wildman–Crippen MR) is 75.9 cm³/mol. The highest BCUT2D eigenvalue weighted by Crippen LogP contribution is 2.22. The fraction of sp³-hybridized carbons (Fsp3) is 0.333. The van der Waals surface area contributed by atoms with Crippen molar-refractivity contribution >= 4 is 11.7 Å². The number of rotatable bonds is 5. The number of benzene rings is 1. The number of carbonyl (C=O) groups excluding carboxylic acids is 1. The molecule has 1 amide bonds. The van der Waals surface area contributed by atoms with Gasteiger partial charge in [-0.2, -0.15) is 5.10 Å². The summed E-state index contributed by atoms with van der Waals surface area (Å²) in [4.78, 5) is 12.4. The molecule has 0 unspecified atom stereocenters. The van der Waals surface area contributed by atoms with Crippen molar-refractivity contribution in [3.63, 3.8) is 0 Å². The highest BCUT2D eigenvalue weighted by Gasteiger charge is 2.20. The molecule has 1 N–H and O–H groups in total. The summed E-state index contributed by atoms with van der Waals surface area (Å²) in [5.41, 5.74) is 1.05. The first-order chi connectivity index (χ1) is 9.20. The Balaban J connectivity index is 2.13. The third kappa shape index (κ3) is 3.44. The van der Waals surface area contributed by atoms with Gasteiger partial charge >= 0.3 is 0 Å². The molecule has 4 heteroatoms. The first kappa shape index (κ1) is 13.3. The van der Waals surface area contributed by atoms with E-state index in [1.165, 1.54) is 0 Å². The van der Waals surface area contributed by atoms with Gasteiger partial charge in [0.25, 0.3) is 0 Å². The van der Waals surface area contributed by atoms with Crippen LogP contribution in [0.5, 0.6) is 0 Å². The number of nitrogens with zero attached hydrogens (tertiary/aromatic N) is 2. The van der Waals surface area contributed by atoms with Crippen LogP contribution in [0.4, 0.5) is 5.82 Å². The first-order valence-electron chi connectivity index (χ1n) is 6.56. The van der Waals surface area contributed by atoms with E-state index in [1.54, 1.807) is 10.7 Å². The number of amides is 1. The fourth-order valence-corrected chi connectivity index (χ4v) is 2.12. The Morgan fingerprint density at radius 3 is 2.63 bits per heavy atom. The molecule has 2 aromatic rings. The Bertz CT molecular complexity index is 533. The van der Waals surface area contributed by atoms with Crippen LogP contribution < -0.4 is 5.32 Å². The molecule has 19 heavy (non-hydrogen) atoms. The van der Waals surface area contributed by atoms with Crippen LogP contribution in [0.2, 0.25) is 0 Å². The number of nitrogens with one attached hydrogen (secondary N) is 1. The fourth-order valence-electron chi connectivity index (χ4n) is 2.12. The Labute approximate surface area is 113 Å². The Kier molecular flexibility index (Phi) is 4.34. The lowest BCUT2D eigenvalue weighted by Crippen LogP contribution is -2.21. The van der Waals surface area contributed by atoms with Crippen LogP contribution in [0.1, 0.15) is 31.2 Å². The van der Waals surface area contributed by atoms with E-state index in [9.17, 15) is 4.79 Å². The summed E-state index contributed by atoms with van der Waals surface area (Å²) in [6, 6.07) is 11.7. The van der Waals surface area contributed by atoms with Gasteiger partial charge in [0.05, 0.1) is 5.92 Å². The van der Waals surface area contributed by atoms with Crippen molar-refractivity contribution in [3.8, 4) is 0 Å². The molecule has 0 aliphatic rings. The number of hydrogen-bond acceptors (Lipinski definition) is 2. The van der Waals surface area contributed by atoms with Crippen LogP contribution in [-0.2, 0) is 11.8 Å². The van der Waals surface area contributed by atoms with E-state index in [2.05, 4.69) is 17.3 Å². The van der Waals surface area contributed by atoms with Gasteiger partial charge in [-0.05, 0) is 12.0 Å². The lowest BCUT2D eigenvalue weighted by atomic mass is 9.94. The molecule has 1 aromatic heterocycles. The molecule has 0 bridgehead atoms. The Hall–Kier alpha value is -2.10. The standard InChI is InChI=1S/C15H19N3O/c1-3-7-13(12-8-5-4-6-9-12)15(19)16-14-10-11-18(2)17-14/h4-6,8-11,13H,3,7H2,1-2H3,(H,16,17,19)/t13-/m1/s1. The van der Waals surface area contributed by atoms with Crippen LogP contribution in [0.15, 0.2) is 42.6 Å². The number of carbonyl (C=O) groups is 1. The van der Waals surface area contributed by atoms with E-state index < -0.39 is 0 Å². The lowest BCUT2D eigenvalue weighted by Gasteiger charge is -2.15. The van der Waals surface area contributed by atoms with Gasteiger partial charge in [-0.25, -0.2) is 0 Å². The molecule has 1 heterocycles. The van der Waals surface area contributed by atoms with Gasteiger partial charge in [-0.1, -0.05) is 43.7 Å². The van der Waals surface area contributed by atoms with E-state index >= 15 is 0 Å². The average Bonchev–Trinajstić information content (AvgIpc) is 2.82. The van der Waals surface area contributed by atoms with Crippen molar-refractivity contribution in [2.45, 2.75) is 25.7 Å². The minimum absolute atomic E-state index is 0.00625. The first-order valence-corrected chi connectivity index (χ1v) is 6.56. The van der Waals surface area contributed by atoms with Crippen molar-refractivity contribution in [1.29, 1.82) is 0 Å². The molecule has 1 aromatic carbocycles. The van der Waals surface area contributed by atoms with Crippen LogP contribution >= 0.6 is 0 Å². The summed E-state index contributed by atoms with van der Waals surface area (Å²) in [7, 11) is 1.83. The van der Waals surface area contributed by atoms with Gasteiger partial charge in [0.15, 0.2) is 5.82 Å². The number of aromatic nitrogens is 2. The lowest BCUT2D eigenvalue weighted by molar-refractivity contribution is -0.117. The minimum atomic E-state index is -0.117. The smallest absolute Gasteiger partial charge is 0.233 e. The summed E-state index contributed by atoms with van der Waals surface area (Å²) >= 11 is 0. The molecule has 0 fully saturated rings. The molecular formula is C15H19N3O. The second-order valence-corrected chi connectivity index (χ2v) is 4.62. The maximum absolute atomic E-state index is 12.4. The second-order valence-electron chi connectivity index (χ2n) is 4.62. The average molecular weight is 257 g/mol. The quantitative estimate of drug-likeness (QED) is 0.895. The summed E-state index contributed by atoms with van der Waals surface area (Å²) in [5, 5.41) is 7.05. The number of aryl methyl sites for hydroxylation is 1. The third-order valence-electron chi connectivity index (χ3n) is 3.06. The normalized spacial score (nSPS) is 12.1. The zero-order valence-electron chi connectivity index (χ0n) is 11.3. The second kappa shape index (κ2) is 6.18. The van der Waals surface area contributed by atoms with Gasteiger partial charge in [0.2, 0.25) is 5.91 Å². The van der Waals surface area contributed by atoms with E-state index in [-0.39, 0.29) is 11.8 Å². The summed E-state index contributed by atoms with van der Waals surface area (Å²) in [6.07, 6.45) is 3.62. The maximum Gasteiger partial charge on any atom is 0.233 e. The van der Waals surface area contributed by atoms with Crippen LogP contribution in [0.25, 0.3) is 0 Å².